The SMILES string of the molecule is O=C(NC1CCCCC1)c1ccccc1NC(=O)C1CCCN(S(=O)(=O)Cc2ccc(Cl)cc2Cl)C1. The average Bonchev–Trinajstić information content (AvgIpc) is 2.87. The topological polar surface area (TPSA) is 95.6 Å². The maximum absolute atomic E-state index is 13.2. The maximum atomic E-state index is 13.2. The molecular formula is C26H31Cl2N3O4S. The number of amides is 2. The average molecular weight is 553 g/mol. The highest BCUT2D eigenvalue weighted by Gasteiger charge is 2.33. The normalized spacial score (nSPS) is 19.6. The van der Waals surface area contributed by atoms with Crippen LogP contribution in [-0.4, -0.2) is 43.7 Å². The predicted octanol–water partition coefficient (Wildman–Crippen LogP) is 5.24. The van der Waals surface area contributed by atoms with E-state index in [-0.39, 0.29) is 30.2 Å². The van der Waals surface area contributed by atoms with Gasteiger partial charge in [-0.2, -0.15) is 0 Å². The number of hydrogen-bond donors (Lipinski definition) is 2. The molecule has 1 atom stereocenters. The van der Waals surface area contributed by atoms with E-state index >= 15 is 0 Å². The van der Waals surface area contributed by atoms with Gasteiger partial charge in [0.25, 0.3) is 5.91 Å². The number of hydrogen-bond acceptors (Lipinski definition) is 4. The predicted molar refractivity (Wildman–Crippen MR) is 143 cm³/mol. The third kappa shape index (κ3) is 6.79. The molecule has 0 aromatic heterocycles. The maximum Gasteiger partial charge on any atom is 0.253 e. The summed E-state index contributed by atoms with van der Waals surface area (Å²) in [4.78, 5) is 26.1. The molecule has 1 unspecified atom stereocenters. The molecule has 2 fully saturated rings. The summed E-state index contributed by atoms with van der Waals surface area (Å²) in [5.41, 5.74) is 1.31. The van der Waals surface area contributed by atoms with Crippen LogP contribution in [0.2, 0.25) is 10.0 Å². The molecule has 36 heavy (non-hydrogen) atoms. The molecular weight excluding hydrogens is 521 g/mol. The lowest BCUT2D eigenvalue weighted by molar-refractivity contribution is -0.120. The van der Waals surface area contributed by atoms with Crippen molar-refractivity contribution in [1.29, 1.82) is 0 Å². The lowest BCUT2D eigenvalue weighted by Crippen LogP contribution is -2.44. The zero-order valence-corrected chi connectivity index (χ0v) is 22.3. The summed E-state index contributed by atoms with van der Waals surface area (Å²) >= 11 is 12.1. The van der Waals surface area contributed by atoms with E-state index in [1.54, 1.807) is 36.4 Å². The van der Waals surface area contributed by atoms with Crippen LogP contribution in [0.3, 0.4) is 0 Å². The van der Waals surface area contributed by atoms with Crippen LogP contribution in [0.4, 0.5) is 5.69 Å². The van der Waals surface area contributed by atoms with E-state index < -0.39 is 15.9 Å². The van der Waals surface area contributed by atoms with Gasteiger partial charge in [0.05, 0.1) is 22.9 Å². The van der Waals surface area contributed by atoms with Crippen LogP contribution in [0, 0.1) is 5.92 Å². The summed E-state index contributed by atoms with van der Waals surface area (Å²) in [5, 5.41) is 6.69. The minimum Gasteiger partial charge on any atom is -0.349 e. The number of anilines is 1. The Hall–Kier alpha value is -2.13. The van der Waals surface area contributed by atoms with Gasteiger partial charge in [0.15, 0.2) is 0 Å². The van der Waals surface area contributed by atoms with Crippen LogP contribution >= 0.6 is 23.2 Å². The largest absolute Gasteiger partial charge is 0.349 e. The summed E-state index contributed by atoms with van der Waals surface area (Å²) in [5.74, 6) is -1.28. The van der Waals surface area contributed by atoms with Gasteiger partial charge in [-0.3, -0.25) is 9.59 Å². The molecule has 1 aliphatic heterocycles. The molecule has 2 aromatic carbocycles. The van der Waals surface area contributed by atoms with Crippen molar-refractivity contribution in [2.45, 2.75) is 56.7 Å². The highest BCUT2D eigenvalue weighted by Crippen LogP contribution is 2.27. The van der Waals surface area contributed by atoms with Gasteiger partial charge in [-0.1, -0.05) is 60.7 Å². The fraction of sp³-hybridized carbons (Fsp3) is 0.462. The number of nitrogens with one attached hydrogen (secondary N) is 2. The van der Waals surface area contributed by atoms with Crippen LogP contribution in [0.25, 0.3) is 0 Å². The van der Waals surface area contributed by atoms with E-state index in [0.29, 0.717) is 46.2 Å². The van der Waals surface area contributed by atoms with Gasteiger partial charge in [-0.15, -0.1) is 0 Å². The highest BCUT2D eigenvalue weighted by molar-refractivity contribution is 7.88. The monoisotopic (exact) mass is 551 g/mol. The second kappa shape index (κ2) is 11.9. The molecule has 0 radical (unpaired) electrons. The molecule has 1 saturated carbocycles. The number of sulfonamides is 1. The van der Waals surface area contributed by atoms with Crippen molar-refractivity contribution in [2.24, 2.45) is 5.92 Å². The zero-order chi connectivity index (χ0) is 25.7. The second-order valence-electron chi connectivity index (χ2n) is 9.53. The van der Waals surface area contributed by atoms with E-state index in [1.807, 2.05) is 0 Å². The van der Waals surface area contributed by atoms with E-state index in [1.165, 1.54) is 16.8 Å². The number of rotatable bonds is 7. The molecule has 2 N–H and O–H groups in total. The molecule has 1 heterocycles. The first kappa shape index (κ1) is 26.9. The third-order valence-electron chi connectivity index (χ3n) is 6.87. The number of carbonyl (C=O) groups is 2. The zero-order valence-electron chi connectivity index (χ0n) is 20.0. The molecule has 2 amide bonds. The fourth-order valence-electron chi connectivity index (χ4n) is 4.87. The molecule has 1 saturated heterocycles. The lowest BCUT2D eigenvalue weighted by Gasteiger charge is -2.31. The van der Waals surface area contributed by atoms with Crippen molar-refractivity contribution in [3.63, 3.8) is 0 Å². The third-order valence-corrected chi connectivity index (χ3v) is 9.25. The molecule has 194 valence electrons. The van der Waals surface area contributed by atoms with Gasteiger partial charge in [-0.05, 0) is 55.5 Å². The Bertz CT molecular complexity index is 1220. The number of halogens is 2. The Morgan fingerprint density at radius 2 is 1.72 bits per heavy atom. The molecule has 2 aliphatic rings. The second-order valence-corrected chi connectivity index (χ2v) is 12.3. The van der Waals surface area contributed by atoms with Gasteiger partial charge in [-0.25, -0.2) is 12.7 Å². The van der Waals surface area contributed by atoms with Crippen molar-refractivity contribution >= 4 is 50.7 Å². The number of para-hydroxylation sites is 1. The van der Waals surface area contributed by atoms with Crippen molar-refractivity contribution < 1.29 is 18.0 Å². The summed E-state index contributed by atoms with van der Waals surface area (Å²) in [6, 6.07) is 11.8. The number of benzene rings is 2. The summed E-state index contributed by atoms with van der Waals surface area (Å²) < 4.78 is 27.6. The minimum atomic E-state index is -3.69. The van der Waals surface area contributed by atoms with Crippen LogP contribution in [-0.2, 0) is 20.6 Å². The fourth-order valence-corrected chi connectivity index (χ4v) is 7.07. The molecule has 0 bridgehead atoms. The van der Waals surface area contributed by atoms with Crippen molar-refractivity contribution in [3.8, 4) is 0 Å². The molecule has 2 aromatic rings. The molecule has 0 spiro atoms. The van der Waals surface area contributed by atoms with Crippen LogP contribution in [0.5, 0.6) is 0 Å². The Kier molecular flexibility index (Phi) is 8.93. The Labute approximate surface area is 222 Å². The van der Waals surface area contributed by atoms with Crippen LogP contribution < -0.4 is 10.6 Å². The first-order valence-corrected chi connectivity index (χ1v) is 14.7. The first-order valence-electron chi connectivity index (χ1n) is 12.4. The van der Waals surface area contributed by atoms with Crippen molar-refractivity contribution in [2.75, 3.05) is 18.4 Å². The van der Waals surface area contributed by atoms with Crippen molar-refractivity contribution in [3.05, 3.63) is 63.6 Å². The number of piperidine rings is 1. The van der Waals surface area contributed by atoms with E-state index in [4.69, 9.17) is 23.2 Å². The highest BCUT2D eigenvalue weighted by atomic mass is 35.5. The molecule has 7 nitrogen and oxygen atoms in total. The van der Waals surface area contributed by atoms with Gasteiger partial charge in [0.2, 0.25) is 15.9 Å². The summed E-state index contributed by atoms with van der Waals surface area (Å²) in [7, 11) is -3.69. The Balaban J connectivity index is 1.41. The van der Waals surface area contributed by atoms with E-state index in [2.05, 4.69) is 10.6 Å². The molecule has 4 rings (SSSR count). The van der Waals surface area contributed by atoms with Gasteiger partial charge >= 0.3 is 0 Å². The smallest absolute Gasteiger partial charge is 0.253 e. The van der Waals surface area contributed by atoms with E-state index in [9.17, 15) is 18.0 Å². The van der Waals surface area contributed by atoms with E-state index in [0.717, 1.165) is 25.7 Å². The molecule has 1 aliphatic carbocycles. The standard InChI is InChI=1S/C26H31Cl2N3O4S/c27-20-13-12-19(23(28)15-20)17-36(34,35)31-14-6-7-18(16-31)25(32)30-24-11-5-4-10-22(24)26(33)29-21-8-2-1-3-9-21/h4-5,10-13,15,18,21H,1-3,6-9,14,16-17H2,(H,29,33)(H,30,32). The van der Waals surface area contributed by atoms with Crippen LogP contribution in [0.1, 0.15) is 60.9 Å². The summed E-state index contributed by atoms with van der Waals surface area (Å²) in [6.45, 7) is 0.424. The quantitative estimate of drug-likeness (QED) is 0.492. The molecule has 10 heteroatoms. The van der Waals surface area contributed by atoms with Gasteiger partial charge in [0, 0.05) is 29.2 Å². The Morgan fingerprint density at radius 3 is 2.47 bits per heavy atom. The number of carbonyl (C=O) groups excluding carboxylic acids is 2. The summed E-state index contributed by atoms with van der Waals surface area (Å²) in [6.07, 6.45) is 6.47. The van der Waals surface area contributed by atoms with Gasteiger partial charge < -0.3 is 10.6 Å². The van der Waals surface area contributed by atoms with Crippen LogP contribution in [0.15, 0.2) is 42.5 Å². The first-order chi connectivity index (χ1) is 17.2. The lowest BCUT2D eigenvalue weighted by atomic mass is 9.95. The number of nitrogens with zero attached hydrogens (tertiary/aromatic N) is 1. The minimum absolute atomic E-state index is 0.0792. The van der Waals surface area contributed by atoms with Crippen molar-refractivity contribution in [1.82, 2.24) is 9.62 Å². The Morgan fingerprint density at radius 1 is 0.972 bits per heavy atom. The van der Waals surface area contributed by atoms with Gasteiger partial charge in [0.1, 0.15) is 0 Å².